The number of piperidine rings is 1. The average Bonchev–Trinajstić information content (AvgIpc) is 3.20. The number of hydrogen-bond acceptors (Lipinski definition) is 5. The van der Waals surface area contributed by atoms with E-state index in [0.717, 1.165) is 35.6 Å². The van der Waals surface area contributed by atoms with Gasteiger partial charge >= 0.3 is 0 Å². The van der Waals surface area contributed by atoms with Gasteiger partial charge in [0.1, 0.15) is 6.04 Å². The molecule has 0 aliphatic carbocycles. The van der Waals surface area contributed by atoms with Gasteiger partial charge in [0, 0.05) is 23.2 Å². The molecule has 1 saturated heterocycles. The Morgan fingerprint density at radius 2 is 2.11 bits per heavy atom. The van der Waals surface area contributed by atoms with Crippen molar-refractivity contribution in [3.63, 3.8) is 0 Å². The summed E-state index contributed by atoms with van der Waals surface area (Å²) in [6.45, 7) is 4.87. The highest BCUT2D eigenvalue weighted by atomic mass is 35.5. The van der Waals surface area contributed by atoms with Crippen LogP contribution in [0.15, 0.2) is 30.5 Å². The lowest BCUT2D eigenvalue weighted by Crippen LogP contribution is -2.48. The molecule has 3 heterocycles. The number of rotatable bonds is 4. The summed E-state index contributed by atoms with van der Waals surface area (Å²) in [5.41, 5.74) is 1.84. The molecule has 1 N–H and O–H groups in total. The van der Waals surface area contributed by atoms with Crippen LogP contribution in [0.25, 0.3) is 16.2 Å². The van der Waals surface area contributed by atoms with Crippen LogP contribution in [0.5, 0.6) is 0 Å². The fourth-order valence-corrected chi connectivity index (χ4v) is 4.43. The molecule has 2 aromatic heterocycles. The quantitative estimate of drug-likeness (QED) is 0.704. The van der Waals surface area contributed by atoms with Gasteiger partial charge in [0.05, 0.1) is 11.9 Å². The molecular weight excluding hydrogens is 382 g/mol. The van der Waals surface area contributed by atoms with Crippen LogP contribution in [-0.2, 0) is 4.79 Å². The molecule has 2 unspecified atom stereocenters. The predicted octanol–water partition coefficient (Wildman–Crippen LogP) is 4.31. The molecule has 1 fully saturated rings. The van der Waals surface area contributed by atoms with Gasteiger partial charge < -0.3 is 10.2 Å². The van der Waals surface area contributed by atoms with Crippen molar-refractivity contribution in [1.29, 1.82) is 0 Å². The van der Waals surface area contributed by atoms with E-state index in [9.17, 15) is 4.79 Å². The van der Waals surface area contributed by atoms with Gasteiger partial charge in [-0.1, -0.05) is 35.1 Å². The summed E-state index contributed by atoms with van der Waals surface area (Å²) in [5, 5.41) is 9.17. The Balaban J connectivity index is 1.47. The van der Waals surface area contributed by atoms with E-state index in [1.807, 2.05) is 42.3 Å². The molecule has 1 aliphatic rings. The molecule has 142 valence electrons. The summed E-state index contributed by atoms with van der Waals surface area (Å²) in [7, 11) is 0. The number of likely N-dealkylation sites (tertiary alicyclic amines) is 1. The SMILES string of the molecule is CC(Nc1nn2cc(-c3ccc(Cl)cc3)nc2s1)C(=O)N1CCCCC1C. The third-order valence-electron chi connectivity index (χ3n) is 4.98. The van der Waals surface area contributed by atoms with Crippen molar-refractivity contribution in [2.45, 2.75) is 45.2 Å². The van der Waals surface area contributed by atoms with Crippen LogP contribution in [0.4, 0.5) is 5.13 Å². The van der Waals surface area contributed by atoms with Gasteiger partial charge in [0.25, 0.3) is 0 Å². The fourth-order valence-electron chi connectivity index (χ4n) is 3.44. The molecule has 27 heavy (non-hydrogen) atoms. The van der Waals surface area contributed by atoms with Crippen molar-refractivity contribution in [1.82, 2.24) is 19.5 Å². The Morgan fingerprint density at radius 3 is 2.81 bits per heavy atom. The van der Waals surface area contributed by atoms with Gasteiger partial charge in [0.2, 0.25) is 16.0 Å². The van der Waals surface area contributed by atoms with E-state index in [0.29, 0.717) is 16.2 Å². The summed E-state index contributed by atoms with van der Waals surface area (Å²) in [6, 6.07) is 7.57. The Hall–Kier alpha value is -2.12. The zero-order valence-corrected chi connectivity index (χ0v) is 16.9. The van der Waals surface area contributed by atoms with E-state index >= 15 is 0 Å². The molecule has 3 aromatic rings. The minimum absolute atomic E-state index is 0.136. The molecule has 1 amide bonds. The molecule has 0 radical (unpaired) electrons. The molecule has 0 saturated carbocycles. The van der Waals surface area contributed by atoms with E-state index in [4.69, 9.17) is 11.6 Å². The molecule has 8 heteroatoms. The highest BCUT2D eigenvalue weighted by molar-refractivity contribution is 7.20. The first-order valence-electron chi connectivity index (χ1n) is 9.20. The number of hydrogen-bond donors (Lipinski definition) is 1. The first kappa shape index (κ1) is 18.3. The normalized spacial score (nSPS) is 18.6. The number of fused-ring (bicyclic) bond motifs is 1. The zero-order valence-electron chi connectivity index (χ0n) is 15.4. The number of carbonyl (C=O) groups is 1. The molecule has 4 rings (SSSR count). The first-order chi connectivity index (χ1) is 13.0. The number of imidazole rings is 1. The summed E-state index contributed by atoms with van der Waals surface area (Å²) in [5.74, 6) is 0.136. The van der Waals surface area contributed by atoms with Gasteiger partial charge in [-0.3, -0.25) is 4.79 Å². The van der Waals surface area contributed by atoms with Gasteiger partial charge in [0.15, 0.2) is 0 Å². The maximum absolute atomic E-state index is 12.7. The summed E-state index contributed by atoms with van der Waals surface area (Å²) in [6.07, 6.45) is 5.25. The van der Waals surface area contributed by atoms with Gasteiger partial charge in [-0.05, 0) is 45.2 Å². The second-order valence-electron chi connectivity index (χ2n) is 7.01. The third-order valence-corrected chi connectivity index (χ3v) is 6.09. The van der Waals surface area contributed by atoms with Crippen molar-refractivity contribution >= 4 is 38.9 Å². The Kier molecular flexibility index (Phi) is 5.06. The number of benzene rings is 1. The van der Waals surface area contributed by atoms with E-state index < -0.39 is 0 Å². The first-order valence-corrected chi connectivity index (χ1v) is 10.4. The Bertz CT molecular complexity index is 919. The van der Waals surface area contributed by atoms with Gasteiger partial charge in [-0.25, -0.2) is 9.50 Å². The third kappa shape index (κ3) is 3.80. The maximum Gasteiger partial charge on any atom is 0.245 e. The molecule has 0 spiro atoms. The van der Waals surface area contributed by atoms with Crippen LogP contribution in [0.2, 0.25) is 5.02 Å². The van der Waals surface area contributed by atoms with Gasteiger partial charge in [-0.15, -0.1) is 5.10 Å². The van der Waals surface area contributed by atoms with Crippen LogP contribution in [0.3, 0.4) is 0 Å². The summed E-state index contributed by atoms with van der Waals surface area (Å²) >= 11 is 7.38. The van der Waals surface area contributed by atoms with E-state index in [1.54, 1.807) is 4.52 Å². The second-order valence-corrected chi connectivity index (χ2v) is 8.40. The van der Waals surface area contributed by atoms with Crippen molar-refractivity contribution < 1.29 is 4.79 Å². The molecule has 1 aliphatic heterocycles. The molecule has 6 nitrogen and oxygen atoms in total. The van der Waals surface area contributed by atoms with Crippen molar-refractivity contribution in [2.24, 2.45) is 0 Å². The Labute approximate surface area is 167 Å². The summed E-state index contributed by atoms with van der Waals surface area (Å²) in [4.78, 5) is 20.1. The minimum Gasteiger partial charge on any atom is -0.349 e. The maximum atomic E-state index is 12.7. The molecular formula is C19H22ClN5OS. The standard InChI is InChI=1S/C19H22ClN5OS/c1-12-5-3-4-10-24(12)17(26)13(2)21-18-23-25-11-16(22-19(25)27-18)14-6-8-15(20)9-7-14/h6-9,11-13H,3-5,10H2,1-2H3,(H,21,23). The number of halogens is 1. The van der Waals surface area contributed by atoms with Gasteiger partial charge in [-0.2, -0.15) is 0 Å². The number of nitrogens with zero attached hydrogens (tertiary/aromatic N) is 4. The topological polar surface area (TPSA) is 62.5 Å². The average molecular weight is 404 g/mol. The predicted molar refractivity (Wildman–Crippen MR) is 109 cm³/mol. The second kappa shape index (κ2) is 7.48. The Morgan fingerprint density at radius 1 is 1.33 bits per heavy atom. The smallest absolute Gasteiger partial charge is 0.245 e. The minimum atomic E-state index is -0.308. The highest BCUT2D eigenvalue weighted by Crippen LogP contribution is 2.26. The zero-order chi connectivity index (χ0) is 19.0. The van der Waals surface area contributed by atoms with Crippen molar-refractivity contribution in [3.8, 4) is 11.3 Å². The largest absolute Gasteiger partial charge is 0.349 e. The number of nitrogens with one attached hydrogen (secondary N) is 1. The van der Waals surface area contributed by atoms with Crippen LogP contribution < -0.4 is 5.32 Å². The number of anilines is 1. The highest BCUT2D eigenvalue weighted by Gasteiger charge is 2.27. The number of carbonyl (C=O) groups excluding carboxylic acids is 1. The monoisotopic (exact) mass is 403 g/mol. The van der Waals surface area contributed by atoms with E-state index in [-0.39, 0.29) is 11.9 Å². The lowest BCUT2D eigenvalue weighted by atomic mass is 10.0. The number of aromatic nitrogens is 3. The fraction of sp³-hybridized carbons (Fsp3) is 0.421. The van der Waals surface area contributed by atoms with Crippen LogP contribution in [0, 0.1) is 0 Å². The van der Waals surface area contributed by atoms with Crippen LogP contribution >= 0.6 is 22.9 Å². The van der Waals surface area contributed by atoms with Crippen molar-refractivity contribution in [3.05, 3.63) is 35.5 Å². The molecule has 0 bridgehead atoms. The number of amides is 1. The van der Waals surface area contributed by atoms with E-state index in [1.165, 1.54) is 17.8 Å². The van der Waals surface area contributed by atoms with E-state index in [2.05, 4.69) is 22.3 Å². The molecule has 2 atom stereocenters. The van der Waals surface area contributed by atoms with Crippen LogP contribution in [0.1, 0.15) is 33.1 Å². The molecule has 1 aromatic carbocycles. The van der Waals surface area contributed by atoms with Crippen molar-refractivity contribution in [2.75, 3.05) is 11.9 Å². The van der Waals surface area contributed by atoms with Crippen LogP contribution in [-0.4, -0.2) is 44.0 Å². The lowest BCUT2D eigenvalue weighted by Gasteiger charge is -2.35. The lowest BCUT2D eigenvalue weighted by molar-refractivity contribution is -0.134. The summed E-state index contributed by atoms with van der Waals surface area (Å²) < 4.78 is 1.75.